The Morgan fingerprint density at radius 1 is 1.32 bits per heavy atom. The van der Waals surface area contributed by atoms with E-state index in [4.69, 9.17) is 5.73 Å². The van der Waals surface area contributed by atoms with Crippen molar-refractivity contribution in [2.75, 3.05) is 12.3 Å². The Labute approximate surface area is 130 Å². The second-order valence-corrected chi connectivity index (χ2v) is 5.82. The third-order valence-electron chi connectivity index (χ3n) is 3.17. The number of anilines is 1. The van der Waals surface area contributed by atoms with Gasteiger partial charge in [-0.05, 0) is 17.5 Å². The minimum Gasteiger partial charge on any atom is -0.386 e. The molecule has 3 aromatic rings. The number of rotatable bonds is 4. The average molecular weight is 314 g/mol. The summed E-state index contributed by atoms with van der Waals surface area (Å²) in [4.78, 5) is 20.5. The molecular formula is C15H14N4O2S. The molecule has 112 valence electrons. The standard InChI is InChI=1S/C15H14N4O2S/c16-14-13(17-5-6-18-14)15(21)19-8-10(20)12-7-9-3-1-2-4-11(9)22-12/h1-7,10,20H,8H2,(H2,16,18)(H,19,21). The van der Waals surface area contributed by atoms with Gasteiger partial charge in [0.15, 0.2) is 11.5 Å². The molecule has 1 aromatic carbocycles. The molecule has 4 N–H and O–H groups in total. The summed E-state index contributed by atoms with van der Waals surface area (Å²) in [5.41, 5.74) is 5.66. The molecule has 1 atom stereocenters. The van der Waals surface area contributed by atoms with Gasteiger partial charge in [-0.3, -0.25) is 4.79 Å². The highest BCUT2D eigenvalue weighted by Gasteiger charge is 2.16. The Hall–Kier alpha value is -2.51. The van der Waals surface area contributed by atoms with Crippen molar-refractivity contribution >= 4 is 33.1 Å². The molecule has 0 fully saturated rings. The number of nitrogens with one attached hydrogen (secondary N) is 1. The Balaban J connectivity index is 1.68. The van der Waals surface area contributed by atoms with E-state index in [2.05, 4.69) is 15.3 Å². The molecule has 0 radical (unpaired) electrons. The molecule has 2 aromatic heterocycles. The van der Waals surface area contributed by atoms with E-state index < -0.39 is 12.0 Å². The van der Waals surface area contributed by atoms with Crippen molar-refractivity contribution in [3.63, 3.8) is 0 Å². The van der Waals surface area contributed by atoms with Crippen LogP contribution in [0.5, 0.6) is 0 Å². The van der Waals surface area contributed by atoms with Gasteiger partial charge in [0.1, 0.15) is 6.10 Å². The number of thiophene rings is 1. The number of aromatic nitrogens is 2. The van der Waals surface area contributed by atoms with Crippen LogP contribution in [0.4, 0.5) is 5.82 Å². The maximum Gasteiger partial charge on any atom is 0.273 e. The number of nitrogen functional groups attached to an aromatic ring is 1. The van der Waals surface area contributed by atoms with Crippen LogP contribution in [0.15, 0.2) is 42.7 Å². The molecule has 3 rings (SSSR count). The van der Waals surface area contributed by atoms with E-state index >= 15 is 0 Å². The molecule has 1 amide bonds. The molecule has 0 aliphatic carbocycles. The number of nitrogens with zero attached hydrogens (tertiary/aromatic N) is 2. The first-order chi connectivity index (χ1) is 10.6. The van der Waals surface area contributed by atoms with Gasteiger partial charge in [-0.25, -0.2) is 9.97 Å². The predicted octanol–water partition coefficient (Wildman–Crippen LogP) is 1.74. The zero-order valence-electron chi connectivity index (χ0n) is 11.6. The van der Waals surface area contributed by atoms with E-state index in [-0.39, 0.29) is 18.1 Å². The van der Waals surface area contributed by atoms with Gasteiger partial charge in [0.05, 0.1) is 0 Å². The number of aliphatic hydroxyl groups is 1. The first-order valence-corrected chi connectivity index (χ1v) is 7.48. The quantitative estimate of drug-likeness (QED) is 0.681. The summed E-state index contributed by atoms with van der Waals surface area (Å²) in [6.07, 6.45) is 2.03. The number of aliphatic hydroxyl groups excluding tert-OH is 1. The van der Waals surface area contributed by atoms with Gasteiger partial charge in [0, 0.05) is 28.5 Å². The lowest BCUT2D eigenvalue weighted by Gasteiger charge is -2.10. The Kier molecular flexibility index (Phi) is 3.99. The molecule has 0 saturated heterocycles. The Bertz CT molecular complexity index is 785. The average Bonchev–Trinajstić information content (AvgIpc) is 2.97. The molecule has 0 spiro atoms. The van der Waals surface area contributed by atoms with Crippen molar-refractivity contribution in [2.24, 2.45) is 0 Å². The van der Waals surface area contributed by atoms with Gasteiger partial charge in [-0.2, -0.15) is 0 Å². The second kappa shape index (κ2) is 6.08. The highest BCUT2D eigenvalue weighted by atomic mass is 32.1. The summed E-state index contributed by atoms with van der Waals surface area (Å²) in [6.45, 7) is 0.0850. The van der Waals surface area contributed by atoms with Crippen LogP contribution in [-0.2, 0) is 0 Å². The van der Waals surface area contributed by atoms with E-state index in [0.717, 1.165) is 15.0 Å². The number of hydrogen-bond acceptors (Lipinski definition) is 6. The number of carbonyl (C=O) groups excluding carboxylic acids is 1. The largest absolute Gasteiger partial charge is 0.386 e. The predicted molar refractivity (Wildman–Crippen MR) is 85.6 cm³/mol. The number of hydrogen-bond donors (Lipinski definition) is 3. The van der Waals surface area contributed by atoms with E-state index in [0.29, 0.717) is 0 Å². The maximum absolute atomic E-state index is 12.0. The highest BCUT2D eigenvalue weighted by molar-refractivity contribution is 7.19. The lowest BCUT2D eigenvalue weighted by molar-refractivity contribution is 0.0913. The van der Waals surface area contributed by atoms with Gasteiger partial charge in [0.25, 0.3) is 5.91 Å². The van der Waals surface area contributed by atoms with Gasteiger partial charge in [0.2, 0.25) is 0 Å². The number of nitrogens with two attached hydrogens (primary N) is 1. The first-order valence-electron chi connectivity index (χ1n) is 6.66. The number of carbonyl (C=O) groups is 1. The van der Waals surface area contributed by atoms with Crippen LogP contribution in [0.1, 0.15) is 21.5 Å². The first kappa shape index (κ1) is 14.4. The van der Waals surface area contributed by atoms with E-state index in [1.807, 2.05) is 30.3 Å². The van der Waals surface area contributed by atoms with Gasteiger partial charge >= 0.3 is 0 Å². The summed E-state index contributed by atoms with van der Waals surface area (Å²) >= 11 is 1.50. The van der Waals surface area contributed by atoms with E-state index in [1.165, 1.54) is 23.7 Å². The van der Waals surface area contributed by atoms with Crippen LogP contribution in [0.3, 0.4) is 0 Å². The lowest BCUT2D eigenvalue weighted by atomic mass is 10.2. The van der Waals surface area contributed by atoms with Gasteiger partial charge in [-0.1, -0.05) is 18.2 Å². The zero-order valence-corrected chi connectivity index (χ0v) is 12.4. The normalized spacial score (nSPS) is 12.2. The summed E-state index contributed by atoms with van der Waals surface area (Å²) in [5.74, 6) is -0.387. The maximum atomic E-state index is 12.0. The molecule has 7 heteroatoms. The number of fused-ring (bicyclic) bond motifs is 1. The molecular weight excluding hydrogens is 300 g/mol. The number of benzene rings is 1. The summed E-state index contributed by atoms with van der Waals surface area (Å²) in [7, 11) is 0. The van der Waals surface area contributed by atoms with Crippen LogP contribution >= 0.6 is 11.3 Å². The molecule has 0 aliphatic rings. The Morgan fingerprint density at radius 3 is 2.86 bits per heavy atom. The highest BCUT2D eigenvalue weighted by Crippen LogP contribution is 2.29. The molecule has 1 unspecified atom stereocenters. The molecule has 22 heavy (non-hydrogen) atoms. The molecule has 0 bridgehead atoms. The topological polar surface area (TPSA) is 101 Å². The van der Waals surface area contributed by atoms with Crippen molar-refractivity contribution < 1.29 is 9.90 Å². The Morgan fingerprint density at radius 2 is 2.09 bits per heavy atom. The fourth-order valence-electron chi connectivity index (χ4n) is 2.06. The smallest absolute Gasteiger partial charge is 0.273 e. The van der Waals surface area contributed by atoms with Crippen LogP contribution in [0.25, 0.3) is 10.1 Å². The van der Waals surface area contributed by atoms with Crippen LogP contribution in [0, 0.1) is 0 Å². The molecule has 6 nitrogen and oxygen atoms in total. The molecule has 2 heterocycles. The molecule has 0 saturated carbocycles. The minimum atomic E-state index is -0.778. The van der Waals surface area contributed by atoms with Crippen molar-refractivity contribution in [2.45, 2.75) is 6.10 Å². The van der Waals surface area contributed by atoms with Crippen molar-refractivity contribution in [1.29, 1.82) is 0 Å². The minimum absolute atomic E-state index is 0.0611. The number of amides is 1. The summed E-state index contributed by atoms with van der Waals surface area (Å²) < 4.78 is 1.10. The fourth-order valence-corrected chi connectivity index (χ4v) is 3.11. The van der Waals surface area contributed by atoms with Crippen molar-refractivity contribution in [3.8, 4) is 0 Å². The van der Waals surface area contributed by atoms with E-state index in [9.17, 15) is 9.90 Å². The third-order valence-corrected chi connectivity index (χ3v) is 4.39. The SMILES string of the molecule is Nc1nccnc1C(=O)NCC(O)c1cc2ccccc2s1. The zero-order chi connectivity index (χ0) is 15.5. The van der Waals surface area contributed by atoms with E-state index in [1.54, 1.807) is 0 Å². The van der Waals surface area contributed by atoms with Crippen LogP contribution in [-0.4, -0.2) is 27.5 Å². The molecule has 0 aliphatic heterocycles. The summed E-state index contributed by atoms with van der Waals surface area (Å²) in [6, 6.07) is 9.81. The van der Waals surface area contributed by atoms with Crippen molar-refractivity contribution in [3.05, 3.63) is 53.3 Å². The van der Waals surface area contributed by atoms with Crippen LogP contribution in [0.2, 0.25) is 0 Å². The van der Waals surface area contributed by atoms with Gasteiger partial charge in [-0.15, -0.1) is 11.3 Å². The second-order valence-electron chi connectivity index (χ2n) is 4.70. The van der Waals surface area contributed by atoms with Crippen molar-refractivity contribution in [1.82, 2.24) is 15.3 Å². The lowest BCUT2D eigenvalue weighted by Crippen LogP contribution is -2.29. The van der Waals surface area contributed by atoms with Crippen LogP contribution < -0.4 is 11.1 Å². The fraction of sp³-hybridized carbons (Fsp3) is 0.133. The third kappa shape index (κ3) is 2.90. The van der Waals surface area contributed by atoms with Gasteiger partial charge < -0.3 is 16.2 Å². The monoisotopic (exact) mass is 314 g/mol. The summed E-state index contributed by atoms with van der Waals surface area (Å²) in [5, 5.41) is 13.9.